The number of benzene rings is 1. The lowest BCUT2D eigenvalue weighted by Gasteiger charge is -2.13. The van der Waals surface area contributed by atoms with Crippen LogP contribution in [-0.2, 0) is 9.19 Å². The highest BCUT2D eigenvalue weighted by molar-refractivity contribution is 7.67. The Bertz CT molecular complexity index is 466. The van der Waals surface area contributed by atoms with Gasteiger partial charge in [-0.25, -0.2) is 10.5 Å². The first-order valence-electron chi connectivity index (χ1n) is 5.68. The van der Waals surface area contributed by atoms with E-state index in [1.54, 1.807) is 18.2 Å². The topological polar surface area (TPSA) is 52.3 Å². The van der Waals surface area contributed by atoms with Gasteiger partial charge in [0.1, 0.15) is 0 Å². The van der Waals surface area contributed by atoms with E-state index in [2.05, 4.69) is 6.58 Å². The maximum Gasteiger partial charge on any atom is 0.252 e. The van der Waals surface area contributed by atoms with Gasteiger partial charge in [0.25, 0.3) is 7.37 Å². The van der Waals surface area contributed by atoms with E-state index in [4.69, 9.17) is 10.5 Å². The molecule has 0 fully saturated rings. The predicted octanol–water partition coefficient (Wildman–Crippen LogP) is 3.17. The largest absolute Gasteiger partial charge is 0.286 e. The molecule has 1 aromatic carbocycles. The third-order valence-corrected chi connectivity index (χ3v) is 4.49. The molecule has 0 aliphatic rings. The summed E-state index contributed by atoms with van der Waals surface area (Å²) in [4.78, 5) is 0. The molecule has 0 bridgehead atoms. The molecule has 4 heteroatoms. The fourth-order valence-electron chi connectivity index (χ4n) is 1.43. The lowest BCUT2D eigenvalue weighted by atomic mass is 10.3. The fourth-order valence-corrected chi connectivity index (χ4v) is 2.90. The van der Waals surface area contributed by atoms with E-state index >= 15 is 0 Å². The molecule has 0 heterocycles. The number of hydrogen-bond acceptors (Lipinski definition) is 3. The first-order valence-corrected chi connectivity index (χ1v) is 7.49. The second kappa shape index (κ2) is 7.83. The summed E-state index contributed by atoms with van der Waals surface area (Å²) in [7, 11) is -2.96. The molecule has 0 aromatic heterocycles. The summed E-state index contributed by atoms with van der Waals surface area (Å²) in [6, 6.07) is 9.02. The highest BCUT2D eigenvalue weighted by atomic mass is 31.2. The van der Waals surface area contributed by atoms with Gasteiger partial charge in [0.15, 0.2) is 0 Å². The van der Waals surface area contributed by atoms with Gasteiger partial charge >= 0.3 is 0 Å². The lowest BCUT2D eigenvalue weighted by Crippen LogP contribution is -2.12. The van der Waals surface area contributed by atoms with Gasteiger partial charge < -0.3 is 0 Å². The standard InChI is InChI=1S/C14H18NO2P/c1-2-3-4-5-6-10-13-18(16,17-15)14-11-8-7-9-12-14/h2-4,6-12H,1,5,13,15H2/b4-3-,10-6?. The van der Waals surface area contributed by atoms with Crippen molar-refractivity contribution in [2.45, 2.75) is 6.42 Å². The molecule has 0 saturated carbocycles. The molecule has 18 heavy (non-hydrogen) atoms. The van der Waals surface area contributed by atoms with Crippen molar-refractivity contribution in [3.05, 3.63) is 67.3 Å². The minimum Gasteiger partial charge on any atom is -0.286 e. The van der Waals surface area contributed by atoms with E-state index in [-0.39, 0.29) is 0 Å². The van der Waals surface area contributed by atoms with Crippen LogP contribution in [0, 0.1) is 0 Å². The van der Waals surface area contributed by atoms with Crippen LogP contribution in [0.25, 0.3) is 0 Å². The highest BCUT2D eigenvalue weighted by Gasteiger charge is 2.22. The number of allylic oxidation sites excluding steroid dienone is 5. The Morgan fingerprint density at radius 2 is 1.94 bits per heavy atom. The van der Waals surface area contributed by atoms with Gasteiger partial charge in [-0.3, -0.25) is 4.57 Å². The van der Waals surface area contributed by atoms with E-state index in [9.17, 15) is 4.57 Å². The minimum absolute atomic E-state index is 0.301. The molecule has 2 N–H and O–H groups in total. The maximum absolute atomic E-state index is 12.4. The van der Waals surface area contributed by atoms with Gasteiger partial charge in [0.05, 0.1) is 0 Å². The van der Waals surface area contributed by atoms with Crippen LogP contribution in [0.4, 0.5) is 0 Å². The van der Waals surface area contributed by atoms with Gasteiger partial charge in [-0.2, -0.15) is 0 Å². The van der Waals surface area contributed by atoms with Crippen molar-refractivity contribution in [1.29, 1.82) is 0 Å². The summed E-state index contributed by atoms with van der Waals surface area (Å²) in [5.74, 6) is 5.18. The molecule has 0 aliphatic carbocycles. The van der Waals surface area contributed by atoms with E-state index in [1.165, 1.54) is 0 Å². The fraction of sp³-hybridized carbons (Fsp3) is 0.143. The van der Waals surface area contributed by atoms with Crippen LogP contribution >= 0.6 is 7.37 Å². The first kappa shape index (κ1) is 14.7. The summed E-state index contributed by atoms with van der Waals surface area (Å²) in [6.45, 7) is 3.58. The minimum atomic E-state index is -2.96. The van der Waals surface area contributed by atoms with Crippen molar-refractivity contribution in [2.75, 3.05) is 6.16 Å². The summed E-state index contributed by atoms with van der Waals surface area (Å²) in [5, 5.41) is 0.638. The molecule has 0 aliphatic heterocycles. The number of nitrogens with two attached hydrogens (primary N) is 1. The normalized spacial score (nSPS) is 14.9. The Morgan fingerprint density at radius 1 is 1.22 bits per heavy atom. The van der Waals surface area contributed by atoms with Gasteiger partial charge in [-0.05, 0) is 18.6 Å². The van der Waals surface area contributed by atoms with Crippen LogP contribution in [0.15, 0.2) is 67.3 Å². The summed E-state index contributed by atoms with van der Waals surface area (Å²) < 4.78 is 17.2. The second-order valence-corrected chi connectivity index (χ2v) is 6.11. The van der Waals surface area contributed by atoms with Gasteiger partial charge in [0, 0.05) is 11.5 Å². The quantitative estimate of drug-likeness (QED) is 0.356. The average molecular weight is 263 g/mol. The zero-order valence-electron chi connectivity index (χ0n) is 10.2. The number of rotatable bonds is 7. The highest BCUT2D eigenvalue weighted by Crippen LogP contribution is 2.43. The monoisotopic (exact) mass is 263 g/mol. The van der Waals surface area contributed by atoms with E-state index < -0.39 is 7.37 Å². The van der Waals surface area contributed by atoms with E-state index in [0.29, 0.717) is 11.5 Å². The summed E-state index contributed by atoms with van der Waals surface area (Å²) in [6.07, 6.45) is 10.4. The molecule has 1 rings (SSSR count). The maximum atomic E-state index is 12.4. The third-order valence-electron chi connectivity index (χ3n) is 2.38. The molecule has 0 radical (unpaired) electrons. The molecule has 3 nitrogen and oxygen atoms in total. The third kappa shape index (κ3) is 4.46. The van der Waals surface area contributed by atoms with Crippen LogP contribution in [0.3, 0.4) is 0 Å². The van der Waals surface area contributed by atoms with Crippen LogP contribution in [0.5, 0.6) is 0 Å². The molecule has 0 saturated heterocycles. The Hall–Kier alpha value is -1.41. The van der Waals surface area contributed by atoms with Gasteiger partial charge in [-0.15, -0.1) is 0 Å². The molecular formula is C14H18NO2P. The molecule has 1 atom stereocenters. The smallest absolute Gasteiger partial charge is 0.252 e. The summed E-state index contributed by atoms with van der Waals surface area (Å²) >= 11 is 0. The second-order valence-electron chi connectivity index (χ2n) is 3.67. The molecule has 1 unspecified atom stereocenters. The SMILES string of the molecule is C=C/C=C\CC=CCP(=O)(ON)c1ccccc1. The average Bonchev–Trinajstić information content (AvgIpc) is 2.43. The molecule has 0 spiro atoms. The van der Waals surface area contributed by atoms with Crippen LogP contribution in [0.2, 0.25) is 0 Å². The van der Waals surface area contributed by atoms with Crippen molar-refractivity contribution in [1.82, 2.24) is 0 Å². The van der Waals surface area contributed by atoms with Crippen molar-refractivity contribution >= 4 is 12.7 Å². The van der Waals surface area contributed by atoms with Gasteiger partial charge in [-0.1, -0.05) is 55.2 Å². The van der Waals surface area contributed by atoms with Crippen molar-refractivity contribution < 1.29 is 9.19 Å². The number of hydrogen-bond donors (Lipinski definition) is 1. The Balaban J connectivity index is 2.64. The predicted molar refractivity (Wildman–Crippen MR) is 76.9 cm³/mol. The van der Waals surface area contributed by atoms with Crippen molar-refractivity contribution in [3.8, 4) is 0 Å². The first-order chi connectivity index (χ1) is 8.73. The van der Waals surface area contributed by atoms with Gasteiger partial charge in [0.2, 0.25) is 0 Å². The molecule has 0 amide bonds. The zero-order chi connectivity index (χ0) is 13.3. The molecule has 1 aromatic rings. The Labute approximate surface area is 108 Å². The Morgan fingerprint density at radius 3 is 2.56 bits per heavy atom. The van der Waals surface area contributed by atoms with Crippen molar-refractivity contribution in [3.63, 3.8) is 0 Å². The Kier molecular flexibility index (Phi) is 6.37. The van der Waals surface area contributed by atoms with Crippen molar-refractivity contribution in [2.24, 2.45) is 5.90 Å². The van der Waals surface area contributed by atoms with E-state index in [1.807, 2.05) is 42.5 Å². The molecule has 96 valence electrons. The lowest BCUT2D eigenvalue weighted by molar-refractivity contribution is 0.337. The van der Waals surface area contributed by atoms with E-state index in [0.717, 1.165) is 6.42 Å². The zero-order valence-corrected chi connectivity index (χ0v) is 11.1. The summed E-state index contributed by atoms with van der Waals surface area (Å²) in [5.41, 5.74) is 0. The van der Waals surface area contributed by atoms with Crippen LogP contribution < -0.4 is 11.2 Å². The van der Waals surface area contributed by atoms with Crippen LogP contribution in [-0.4, -0.2) is 6.16 Å². The molecular weight excluding hydrogens is 245 g/mol. The van der Waals surface area contributed by atoms with Crippen LogP contribution in [0.1, 0.15) is 6.42 Å².